The summed E-state index contributed by atoms with van der Waals surface area (Å²) in [5, 5.41) is 19.1. The van der Waals surface area contributed by atoms with E-state index < -0.39 is 17.3 Å². The van der Waals surface area contributed by atoms with E-state index in [1.165, 1.54) is 18.2 Å². The first-order chi connectivity index (χ1) is 6.52. The van der Waals surface area contributed by atoms with Gasteiger partial charge in [-0.05, 0) is 6.07 Å². The fourth-order valence-electron chi connectivity index (χ4n) is 1.14. The normalized spacial score (nSPS) is 9.71. The van der Waals surface area contributed by atoms with E-state index in [4.69, 9.17) is 10.8 Å². The third-order valence-electron chi connectivity index (χ3n) is 1.68. The van der Waals surface area contributed by atoms with Gasteiger partial charge in [-0.25, -0.2) is 0 Å². The second-order valence-electron chi connectivity index (χ2n) is 2.68. The molecule has 1 aromatic carbocycles. The van der Waals surface area contributed by atoms with Crippen LogP contribution in [0.1, 0.15) is 5.56 Å². The maximum absolute atomic E-state index is 10.6. The lowest BCUT2D eigenvalue weighted by atomic mass is 10.1. The van der Waals surface area contributed by atoms with E-state index in [1.54, 1.807) is 0 Å². The molecular formula is C8H8N2O4. The highest BCUT2D eigenvalue weighted by Gasteiger charge is 2.18. The SMILES string of the molecule is Nc1cccc(CC(=O)O)c1[N+](=O)[O-]. The van der Waals surface area contributed by atoms with Crippen LogP contribution in [-0.2, 0) is 11.2 Å². The minimum absolute atomic E-state index is 0.0197. The molecule has 0 aliphatic heterocycles. The summed E-state index contributed by atoms with van der Waals surface area (Å²) in [6, 6.07) is 4.23. The molecule has 0 radical (unpaired) electrons. The van der Waals surface area contributed by atoms with Crippen molar-refractivity contribution in [1.82, 2.24) is 0 Å². The van der Waals surface area contributed by atoms with Gasteiger partial charge in [0.1, 0.15) is 5.69 Å². The van der Waals surface area contributed by atoms with Crippen molar-refractivity contribution < 1.29 is 14.8 Å². The Bertz CT molecular complexity index is 389. The van der Waals surface area contributed by atoms with E-state index >= 15 is 0 Å². The van der Waals surface area contributed by atoms with Crippen molar-refractivity contribution in [3.8, 4) is 0 Å². The molecule has 3 N–H and O–H groups in total. The number of benzene rings is 1. The predicted molar refractivity (Wildman–Crippen MR) is 48.8 cm³/mol. The van der Waals surface area contributed by atoms with Crippen LogP contribution in [0.5, 0.6) is 0 Å². The first kappa shape index (κ1) is 9.97. The Morgan fingerprint density at radius 3 is 2.71 bits per heavy atom. The number of nitrogens with zero attached hydrogens (tertiary/aromatic N) is 1. The highest BCUT2D eigenvalue weighted by atomic mass is 16.6. The smallest absolute Gasteiger partial charge is 0.308 e. The van der Waals surface area contributed by atoms with Crippen LogP contribution in [-0.4, -0.2) is 16.0 Å². The number of nitrogens with two attached hydrogens (primary N) is 1. The zero-order valence-corrected chi connectivity index (χ0v) is 7.14. The predicted octanol–water partition coefficient (Wildman–Crippen LogP) is 0.804. The summed E-state index contributed by atoms with van der Waals surface area (Å²) < 4.78 is 0. The molecule has 74 valence electrons. The van der Waals surface area contributed by atoms with Gasteiger partial charge in [-0.15, -0.1) is 0 Å². The zero-order chi connectivity index (χ0) is 10.7. The molecule has 0 amide bonds. The molecule has 6 heteroatoms. The van der Waals surface area contributed by atoms with E-state index in [2.05, 4.69) is 0 Å². The number of hydrogen-bond donors (Lipinski definition) is 2. The summed E-state index contributed by atoms with van der Waals surface area (Å²) in [5.74, 6) is -1.13. The molecule has 0 atom stereocenters. The number of nitrogen functional groups attached to an aromatic ring is 1. The lowest BCUT2D eigenvalue weighted by Gasteiger charge is -2.01. The van der Waals surface area contributed by atoms with Crippen molar-refractivity contribution in [3.63, 3.8) is 0 Å². The number of rotatable bonds is 3. The monoisotopic (exact) mass is 196 g/mol. The van der Waals surface area contributed by atoms with E-state index in [-0.39, 0.29) is 16.9 Å². The van der Waals surface area contributed by atoms with Gasteiger partial charge in [0.2, 0.25) is 0 Å². The van der Waals surface area contributed by atoms with E-state index in [1.807, 2.05) is 0 Å². The molecule has 0 bridgehead atoms. The summed E-state index contributed by atoms with van der Waals surface area (Å²) in [5.41, 5.74) is 5.13. The van der Waals surface area contributed by atoms with Crippen LogP contribution < -0.4 is 5.73 Å². The van der Waals surface area contributed by atoms with E-state index in [0.29, 0.717) is 0 Å². The van der Waals surface area contributed by atoms with Gasteiger partial charge in [-0.2, -0.15) is 0 Å². The first-order valence-corrected chi connectivity index (χ1v) is 3.76. The van der Waals surface area contributed by atoms with Crippen LogP contribution in [0.3, 0.4) is 0 Å². The summed E-state index contributed by atoms with van der Waals surface area (Å²) in [7, 11) is 0. The van der Waals surface area contributed by atoms with Gasteiger partial charge < -0.3 is 10.8 Å². The minimum atomic E-state index is -1.13. The fraction of sp³-hybridized carbons (Fsp3) is 0.125. The highest BCUT2D eigenvalue weighted by Crippen LogP contribution is 2.25. The number of nitro benzene ring substituents is 1. The molecule has 0 aliphatic rings. The van der Waals surface area contributed by atoms with Crippen molar-refractivity contribution >= 4 is 17.3 Å². The number of nitro groups is 1. The molecule has 0 aliphatic carbocycles. The molecule has 0 spiro atoms. The maximum atomic E-state index is 10.6. The summed E-state index contributed by atoms with van der Waals surface area (Å²) in [6.07, 6.45) is -0.401. The second kappa shape index (κ2) is 3.73. The number of carboxylic acid groups (broad SMARTS) is 1. The number of para-hydroxylation sites is 1. The molecule has 0 aromatic heterocycles. The molecule has 1 aromatic rings. The molecule has 0 fully saturated rings. The largest absolute Gasteiger partial charge is 0.481 e. The van der Waals surface area contributed by atoms with Crippen LogP contribution in [0.15, 0.2) is 18.2 Å². The van der Waals surface area contributed by atoms with Crippen molar-refractivity contribution in [3.05, 3.63) is 33.9 Å². The molecule has 0 heterocycles. The second-order valence-corrected chi connectivity index (χ2v) is 2.68. The number of anilines is 1. The lowest BCUT2D eigenvalue weighted by molar-refractivity contribution is -0.384. The van der Waals surface area contributed by atoms with Gasteiger partial charge in [0, 0.05) is 5.56 Å². The molecule has 0 saturated carbocycles. The summed E-state index contributed by atoms with van der Waals surface area (Å²) in [4.78, 5) is 20.3. The molecular weight excluding hydrogens is 188 g/mol. The van der Waals surface area contributed by atoms with Gasteiger partial charge in [0.05, 0.1) is 11.3 Å². The van der Waals surface area contributed by atoms with Crippen LogP contribution in [0.4, 0.5) is 11.4 Å². The van der Waals surface area contributed by atoms with Crippen molar-refractivity contribution in [2.24, 2.45) is 0 Å². The Labute approximate surface area is 79.1 Å². The van der Waals surface area contributed by atoms with Gasteiger partial charge in [0.25, 0.3) is 5.69 Å². The number of aliphatic carboxylic acids is 1. The molecule has 0 saturated heterocycles. The Morgan fingerprint density at radius 2 is 2.21 bits per heavy atom. The van der Waals surface area contributed by atoms with Crippen molar-refractivity contribution in [2.75, 3.05) is 5.73 Å². The van der Waals surface area contributed by atoms with Crippen LogP contribution >= 0.6 is 0 Å². The van der Waals surface area contributed by atoms with E-state index in [9.17, 15) is 14.9 Å². The zero-order valence-electron chi connectivity index (χ0n) is 7.14. The quantitative estimate of drug-likeness (QED) is 0.422. The van der Waals surface area contributed by atoms with Crippen LogP contribution in [0.2, 0.25) is 0 Å². The van der Waals surface area contributed by atoms with Gasteiger partial charge >= 0.3 is 5.97 Å². The van der Waals surface area contributed by atoms with Crippen LogP contribution in [0, 0.1) is 10.1 Å². The number of hydrogen-bond acceptors (Lipinski definition) is 4. The average Bonchev–Trinajstić information content (AvgIpc) is 2.01. The van der Waals surface area contributed by atoms with Gasteiger partial charge in [0.15, 0.2) is 0 Å². The Balaban J connectivity index is 3.21. The number of carbonyl (C=O) groups is 1. The average molecular weight is 196 g/mol. The topological polar surface area (TPSA) is 106 Å². The third kappa shape index (κ3) is 1.98. The summed E-state index contributed by atoms with van der Waals surface area (Å²) in [6.45, 7) is 0. The molecule has 0 unspecified atom stereocenters. The van der Waals surface area contributed by atoms with Crippen LogP contribution in [0.25, 0.3) is 0 Å². The Kier molecular flexibility index (Phi) is 2.66. The highest BCUT2D eigenvalue weighted by molar-refractivity contribution is 5.74. The Morgan fingerprint density at radius 1 is 1.57 bits per heavy atom. The lowest BCUT2D eigenvalue weighted by Crippen LogP contribution is -2.05. The maximum Gasteiger partial charge on any atom is 0.308 e. The minimum Gasteiger partial charge on any atom is -0.481 e. The van der Waals surface area contributed by atoms with Gasteiger partial charge in [-0.3, -0.25) is 14.9 Å². The first-order valence-electron chi connectivity index (χ1n) is 3.76. The van der Waals surface area contributed by atoms with E-state index in [0.717, 1.165) is 0 Å². The standard InChI is InChI=1S/C8H8N2O4/c9-6-3-1-2-5(4-7(11)12)8(6)10(13)14/h1-3H,4,9H2,(H,11,12). The van der Waals surface area contributed by atoms with Crippen molar-refractivity contribution in [2.45, 2.75) is 6.42 Å². The molecule has 1 rings (SSSR count). The summed E-state index contributed by atoms with van der Waals surface area (Å²) >= 11 is 0. The van der Waals surface area contributed by atoms with Gasteiger partial charge in [-0.1, -0.05) is 12.1 Å². The fourth-order valence-corrected chi connectivity index (χ4v) is 1.14. The molecule has 6 nitrogen and oxygen atoms in total. The Hall–Kier alpha value is -2.11. The third-order valence-corrected chi connectivity index (χ3v) is 1.68. The molecule has 14 heavy (non-hydrogen) atoms. The van der Waals surface area contributed by atoms with Crippen molar-refractivity contribution in [1.29, 1.82) is 0 Å². The number of carboxylic acids is 1.